The predicted octanol–water partition coefficient (Wildman–Crippen LogP) is 4.99. The number of hydrogen-bond donors (Lipinski definition) is 1. The van der Waals surface area contributed by atoms with Crippen molar-refractivity contribution < 1.29 is 0 Å². The zero-order valence-electron chi connectivity index (χ0n) is 9.41. The molecule has 92 valence electrons. The van der Waals surface area contributed by atoms with Gasteiger partial charge in [-0.25, -0.2) is 4.98 Å². The number of rotatable bonds is 2. The highest BCUT2D eigenvalue weighted by atomic mass is 35.5. The molecule has 0 radical (unpaired) electrons. The van der Waals surface area contributed by atoms with E-state index < -0.39 is 0 Å². The average Bonchev–Trinajstić information content (AvgIpc) is 3.10. The Kier molecular flexibility index (Phi) is 3.14. The molecule has 5 heteroatoms. The molecule has 1 fully saturated rings. The van der Waals surface area contributed by atoms with Gasteiger partial charge in [0.1, 0.15) is 10.5 Å². The van der Waals surface area contributed by atoms with Crippen molar-refractivity contribution >= 4 is 35.4 Å². The van der Waals surface area contributed by atoms with Crippen LogP contribution in [-0.4, -0.2) is 9.97 Å². The zero-order valence-corrected chi connectivity index (χ0v) is 11.7. The smallest absolute Gasteiger partial charge is 0.139 e. The van der Waals surface area contributed by atoms with Crippen LogP contribution in [0, 0.1) is 4.64 Å². The summed E-state index contributed by atoms with van der Waals surface area (Å²) in [6.45, 7) is 0. The van der Waals surface area contributed by atoms with E-state index in [1.54, 1.807) is 6.07 Å². The van der Waals surface area contributed by atoms with E-state index >= 15 is 0 Å². The van der Waals surface area contributed by atoms with Crippen molar-refractivity contribution in [2.24, 2.45) is 0 Å². The standard InChI is InChI=1S/C13H10Cl2N2S/c14-9-3-8(4-10(15)5-9)13-16-11(7-1-2-7)6-12(18)17-13/h3-7H,1-2H2,(H,16,17,18). The van der Waals surface area contributed by atoms with E-state index in [9.17, 15) is 0 Å². The van der Waals surface area contributed by atoms with E-state index in [2.05, 4.69) is 9.97 Å². The van der Waals surface area contributed by atoms with E-state index in [-0.39, 0.29) is 0 Å². The summed E-state index contributed by atoms with van der Waals surface area (Å²) in [5.74, 6) is 1.33. The van der Waals surface area contributed by atoms with Gasteiger partial charge >= 0.3 is 0 Å². The van der Waals surface area contributed by atoms with Crippen molar-refractivity contribution in [3.05, 3.63) is 44.6 Å². The maximum atomic E-state index is 6.00. The molecule has 1 N–H and O–H groups in total. The molecule has 0 unspecified atom stereocenters. The fraction of sp³-hybridized carbons (Fsp3) is 0.231. The van der Waals surface area contributed by atoms with Crippen LogP contribution in [0.2, 0.25) is 10.0 Å². The lowest BCUT2D eigenvalue weighted by Crippen LogP contribution is -1.94. The van der Waals surface area contributed by atoms with Crippen LogP contribution < -0.4 is 0 Å². The quantitative estimate of drug-likeness (QED) is 0.791. The van der Waals surface area contributed by atoms with Gasteiger partial charge in [0.15, 0.2) is 0 Å². The predicted molar refractivity (Wildman–Crippen MR) is 76.9 cm³/mol. The molecule has 1 aliphatic carbocycles. The number of H-pyrrole nitrogens is 1. The van der Waals surface area contributed by atoms with Gasteiger partial charge in [0, 0.05) is 21.3 Å². The average molecular weight is 297 g/mol. The minimum absolute atomic E-state index is 0.593. The molecule has 3 rings (SSSR count). The van der Waals surface area contributed by atoms with E-state index in [0.717, 1.165) is 17.1 Å². The Morgan fingerprint density at radius 3 is 2.39 bits per heavy atom. The van der Waals surface area contributed by atoms with Gasteiger partial charge in [-0.2, -0.15) is 0 Å². The molecule has 0 atom stereocenters. The second-order valence-electron chi connectivity index (χ2n) is 4.46. The number of hydrogen-bond acceptors (Lipinski definition) is 2. The molecular weight excluding hydrogens is 287 g/mol. The largest absolute Gasteiger partial charge is 0.343 e. The van der Waals surface area contributed by atoms with Crippen LogP contribution in [0.1, 0.15) is 24.5 Å². The van der Waals surface area contributed by atoms with Crippen molar-refractivity contribution in [3.8, 4) is 11.4 Å². The summed E-state index contributed by atoms with van der Waals surface area (Å²) in [6.07, 6.45) is 2.43. The van der Waals surface area contributed by atoms with Gasteiger partial charge in [-0.05, 0) is 43.0 Å². The van der Waals surface area contributed by atoms with E-state index in [0.29, 0.717) is 20.6 Å². The summed E-state index contributed by atoms with van der Waals surface area (Å²) in [5.41, 5.74) is 2.02. The first kappa shape index (κ1) is 12.2. The molecule has 2 aromatic rings. The Bertz CT molecular complexity index is 642. The van der Waals surface area contributed by atoms with Crippen molar-refractivity contribution in [3.63, 3.8) is 0 Å². The second-order valence-corrected chi connectivity index (χ2v) is 5.75. The fourth-order valence-corrected chi connectivity index (χ4v) is 2.66. The van der Waals surface area contributed by atoms with Crippen LogP contribution in [0.25, 0.3) is 11.4 Å². The number of nitrogens with one attached hydrogen (secondary N) is 1. The molecule has 0 saturated heterocycles. The topological polar surface area (TPSA) is 28.7 Å². The molecule has 0 aliphatic heterocycles. The lowest BCUT2D eigenvalue weighted by molar-refractivity contribution is 0.988. The maximum absolute atomic E-state index is 6.00. The third kappa shape index (κ3) is 2.58. The summed E-state index contributed by atoms with van der Waals surface area (Å²) in [6, 6.07) is 7.30. The van der Waals surface area contributed by atoms with Crippen molar-refractivity contribution in [1.82, 2.24) is 9.97 Å². The van der Waals surface area contributed by atoms with Crippen molar-refractivity contribution in [2.45, 2.75) is 18.8 Å². The van der Waals surface area contributed by atoms with Crippen molar-refractivity contribution in [1.29, 1.82) is 0 Å². The van der Waals surface area contributed by atoms with E-state index in [4.69, 9.17) is 35.4 Å². The number of halogens is 2. The molecule has 1 heterocycles. The monoisotopic (exact) mass is 296 g/mol. The number of aromatic amines is 1. The first-order chi connectivity index (χ1) is 8.61. The molecule has 1 aromatic carbocycles. The Morgan fingerprint density at radius 1 is 1.11 bits per heavy atom. The summed E-state index contributed by atoms with van der Waals surface area (Å²) >= 11 is 17.2. The first-order valence-corrected chi connectivity index (χ1v) is 6.86. The van der Waals surface area contributed by atoms with Gasteiger partial charge in [0.2, 0.25) is 0 Å². The van der Waals surface area contributed by atoms with Gasteiger partial charge in [-0.15, -0.1) is 0 Å². The summed E-state index contributed by atoms with van der Waals surface area (Å²) < 4.78 is 0.599. The summed E-state index contributed by atoms with van der Waals surface area (Å²) in [5, 5.41) is 1.19. The zero-order chi connectivity index (χ0) is 12.7. The van der Waals surface area contributed by atoms with Crippen LogP contribution in [0.15, 0.2) is 24.3 Å². The third-order valence-corrected chi connectivity index (χ3v) is 3.56. The third-order valence-electron chi connectivity index (χ3n) is 2.92. The van der Waals surface area contributed by atoms with Gasteiger partial charge in [-0.3, -0.25) is 0 Å². The number of aromatic nitrogens is 2. The Hall–Kier alpha value is -0.900. The Labute approximate surface area is 120 Å². The molecular formula is C13H10Cl2N2S. The van der Waals surface area contributed by atoms with Crippen LogP contribution >= 0.6 is 35.4 Å². The summed E-state index contributed by atoms with van der Waals surface area (Å²) in [7, 11) is 0. The SMILES string of the molecule is S=c1cc(C2CC2)[nH]c(-c2cc(Cl)cc(Cl)c2)n1. The molecule has 2 nitrogen and oxygen atoms in total. The molecule has 0 amide bonds. The minimum atomic E-state index is 0.593. The van der Waals surface area contributed by atoms with Gasteiger partial charge in [0.25, 0.3) is 0 Å². The normalized spacial score (nSPS) is 14.8. The lowest BCUT2D eigenvalue weighted by Gasteiger charge is -2.06. The molecule has 1 aliphatic rings. The summed E-state index contributed by atoms with van der Waals surface area (Å²) in [4.78, 5) is 7.66. The molecule has 18 heavy (non-hydrogen) atoms. The molecule has 0 spiro atoms. The van der Waals surface area contributed by atoms with Gasteiger partial charge in [0.05, 0.1) is 0 Å². The van der Waals surface area contributed by atoms with Crippen LogP contribution in [0.5, 0.6) is 0 Å². The van der Waals surface area contributed by atoms with Crippen LogP contribution in [0.3, 0.4) is 0 Å². The molecule has 1 saturated carbocycles. The number of benzene rings is 1. The highest BCUT2D eigenvalue weighted by Crippen LogP contribution is 2.39. The Morgan fingerprint density at radius 2 is 1.78 bits per heavy atom. The highest BCUT2D eigenvalue weighted by Gasteiger charge is 2.24. The fourth-order valence-electron chi connectivity index (χ4n) is 1.92. The molecule has 0 bridgehead atoms. The van der Waals surface area contributed by atoms with Gasteiger partial charge in [-0.1, -0.05) is 35.4 Å². The van der Waals surface area contributed by atoms with Gasteiger partial charge < -0.3 is 4.98 Å². The first-order valence-electron chi connectivity index (χ1n) is 5.69. The second kappa shape index (κ2) is 4.65. The minimum Gasteiger partial charge on any atom is -0.343 e. The van der Waals surface area contributed by atoms with Crippen molar-refractivity contribution in [2.75, 3.05) is 0 Å². The lowest BCUT2D eigenvalue weighted by atomic mass is 10.2. The Balaban J connectivity index is 2.12. The maximum Gasteiger partial charge on any atom is 0.139 e. The number of nitrogens with zero attached hydrogens (tertiary/aromatic N) is 1. The van der Waals surface area contributed by atoms with Crippen LogP contribution in [-0.2, 0) is 0 Å². The van der Waals surface area contributed by atoms with E-state index in [1.165, 1.54) is 12.8 Å². The highest BCUT2D eigenvalue weighted by molar-refractivity contribution is 7.71. The van der Waals surface area contributed by atoms with E-state index in [1.807, 2.05) is 18.2 Å². The molecule has 1 aromatic heterocycles. The van der Waals surface area contributed by atoms with Crippen LogP contribution in [0.4, 0.5) is 0 Å².